The van der Waals surface area contributed by atoms with Crippen LogP contribution in [0.15, 0.2) is 47.8 Å². The maximum atomic E-state index is 12.4. The maximum absolute atomic E-state index is 12.4. The molecule has 0 aliphatic rings. The molecule has 2 aromatic rings. The van der Waals surface area contributed by atoms with Gasteiger partial charge in [-0.05, 0) is 30.0 Å². The van der Waals surface area contributed by atoms with Crippen molar-refractivity contribution in [3.63, 3.8) is 0 Å². The van der Waals surface area contributed by atoms with E-state index in [4.69, 9.17) is 5.73 Å². The van der Waals surface area contributed by atoms with E-state index in [0.29, 0.717) is 19.6 Å². The average Bonchev–Trinajstić information content (AvgIpc) is 2.98. The number of nitrogens with two attached hydrogens (primary N) is 1. The number of rotatable bonds is 6. The summed E-state index contributed by atoms with van der Waals surface area (Å²) in [4.78, 5) is 15.1. The van der Waals surface area contributed by atoms with Gasteiger partial charge < -0.3 is 10.6 Å². The summed E-state index contributed by atoms with van der Waals surface area (Å²) in [6.07, 6.45) is 0.823. The van der Waals surface area contributed by atoms with Crippen LogP contribution in [0.4, 0.5) is 0 Å². The molecule has 0 radical (unpaired) electrons. The van der Waals surface area contributed by atoms with Gasteiger partial charge in [-0.25, -0.2) is 0 Å². The lowest BCUT2D eigenvalue weighted by Gasteiger charge is -2.22. The van der Waals surface area contributed by atoms with Gasteiger partial charge in [0.25, 0.3) is 5.91 Å². The van der Waals surface area contributed by atoms with E-state index in [1.165, 1.54) is 11.3 Å². The first kappa shape index (κ1) is 13.8. The highest BCUT2D eigenvalue weighted by molar-refractivity contribution is 7.12. The Morgan fingerprint density at radius 1 is 1.16 bits per heavy atom. The van der Waals surface area contributed by atoms with E-state index in [-0.39, 0.29) is 5.91 Å². The van der Waals surface area contributed by atoms with Crippen LogP contribution >= 0.6 is 11.3 Å². The molecule has 0 saturated heterocycles. The van der Waals surface area contributed by atoms with Crippen LogP contribution in [0.1, 0.15) is 21.7 Å². The molecule has 4 heteroatoms. The minimum Gasteiger partial charge on any atom is -0.334 e. The van der Waals surface area contributed by atoms with E-state index in [9.17, 15) is 4.79 Å². The lowest BCUT2D eigenvalue weighted by atomic mass is 10.2. The summed E-state index contributed by atoms with van der Waals surface area (Å²) >= 11 is 1.48. The lowest BCUT2D eigenvalue weighted by molar-refractivity contribution is 0.0747. The Labute approximate surface area is 117 Å². The van der Waals surface area contributed by atoms with Gasteiger partial charge >= 0.3 is 0 Å². The summed E-state index contributed by atoms with van der Waals surface area (Å²) in [5.74, 6) is 0.0901. The fourth-order valence-electron chi connectivity index (χ4n) is 1.89. The first-order chi connectivity index (χ1) is 9.31. The van der Waals surface area contributed by atoms with Gasteiger partial charge in [-0.15, -0.1) is 11.3 Å². The van der Waals surface area contributed by atoms with E-state index in [2.05, 4.69) is 0 Å². The van der Waals surface area contributed by atoms with Gasteiger partial charge in [0.1, 0.15) is 0 Å². The second-order valence-corrected chi connectivity index (χ2v) is 5.28. The summed E-state index contributed by atoms with van der Waals surface area (Å²) in [5.41, 5.74) is 6.70. The van der Waals surface area contributed by atoms with Gasteiger partial charge in [0.2, 0.25) is 0 Å². The molecule has 0 bridgehead atoms. The Hall–Kier alpha value is -1.65. The Morgan fingerprint density at radius 2 is 1.95 bits per heavy atom. The van der Waals surface area contributed by atoms with Gasteiger partial charge in [-0.2, -0.15) is 0 Å². The predicted octanol–water partition coefficient (Wildman–Crippen LogP) is 2.74. The average molecular weight is 274 g/mol. The number of hydrogen-bond acceptors (Lipinski definition) is 3. The highest BCUT2D eigenvalue weighted by Crippen LogP contribution is 2.14. The second-order valence-electron chi connectivity index (χ2n) is 4.33. The molecule has 1 aromatic carbocycles. The molecular formula is C15H18N2OS. The molecule has 19 heavy (non-hydrogen) atoms. The number of amides is 1. The molecule has 1 amide bonds. The largest absolute Gasteiger partial charge is 0.334 e. The first-order valence-electron chi connectivity index (χ1n) is 6.38. The lowest BCUT2D eigenvalue weighted by Crippen LogP contribution is -2.32. The molecule has 1 heterocycles. The zero-order valence-corrected chi connectivity index (χ0v) is 11.6. The third kappa shape index (κ3) is 3.91. The van der Waals surface area contributed by atoms with E-state index in [1.54, 1.807) is 0 Å². The summed E-state index contributed by atoms with van der Waals surface area (Å²) in [5, 5.41) is 1.93. The van der Waals surface area contributed by atoms with Crippen molar-refractivity contribution in [2.75, 3.05) is 13.1 Å². The van der Waals surface area contributed by atoms with Crippen LogP contribution in [0, 0.1) is 0 Å². The minimum atomic E-state index is 0.0901. The molecule has 0 aliphatic heterocycles. The van der Waals surface area contributed by atoms with Crippen LogP contribution < -0.4 is 5.73 Å². The molecule has 100 valence electrons. The summed E-state index contributed by atoms with van der Waals surface area (Å²) in [6, 6.07) is 13.8. The third-order valence-corrected chi connectivity index (χ3v) is 3.73. The van der Waals surface area contributed by atoms with Crippen LogP contribution in [0.2, 0.25) is 0 Å². The summed E-state index contributed by atoms with van der Waals surface area (Å²) in [7, 11) is 0. The minimum absolute atomic E-state index is 0.0901. The molecule has 0 fully saturated rings. The third-order valence-electron chi connectivity index (χ3n) is 2.87. The van der Waals surface area contributed by atoms with Crippen molar-refractivity contribution >= 4 is 17.2 Å². The molecule has 0 spiro atoms. The molecule has 1 aromatic heterocycles. The number of carbonyl (C=O) groups excluding carboxylic acids is 1. The van der Waals surface area contributed by atoms with Crippen LogP contribution in [-0.2, 0) is 6.54 Å². The maximum Gasteiger partial charge on any atom is 0.264 e. The van der Waals surface area contributed by atoms with Crippen molar-refractivity contribution in [1.82, 2.24) is 4.90 Å². The Balaban J connectivity index is 2.09. The monoisotopic (exact) mass is 274 g/mol. The zero-order valence-electron chi connectivity index (χ0n) is 10.8. The number of carbonyl (C=O) groups is 1. The van der Waals surface area contributed by atoms with Crippen LogP contribution in [0.5, 0.6) is 0 Å². The van der Waals surface area contributed by atoms with Crippen molar-refractivity contribution in [2.45, 2.75) is 13.0 Å². The number of nitrogens with zero attached hydrogens (tertiary/aromatic N) is 1. The Kier molecular flexibility index (Phi) is 5.12. The molecule has 2 rings (SSSR count). The van der Waals surface area contributed by atoms with E-state index >= 15 is 0 Å². The van der Waals surface area contributed by atoms with E-state index < -0.39 is 0 Å². The summed E-state index contributed by atoms with van der Waals surface area (Å²) < 4.78 is 0. The Morgan fingerprint density at radius 3 is 2.58 bits per heavy atom. The first-order valence-corrected chi connectivity index (χ1v) is 7.26. The fraction of sp³-hybridized carbons (Fsp3) is 0.267. The van der Waals surface area contributed by atoms with Gasteiger partial charge in [-0.1, -0.05) is 36.4 Å². The molecule has 0 atom stereocenters. The van der Waals surface area contributed by atoms with Crippen molar-refractivity contribution < 1.29 is 4.79 Å². The number of benzene rings is 1. The molecule has 0 aliphatic carbocycles. The zero-order chi connectivity index (χ0) is 13.5. The van der Waals surface area contributed by atoms with Crippen molar-refractivity contribution in [3.8, 4) is 0 Å². The van der Waals surface area contributed by atoms with Crippen LogP contribution in [0.25, 0.3) is 0 Å². The Bertz CT molecular complexity index is 496. The quantitative estimate of drug-likeness (QED) is 0.880. The molecule has 0 saturated carbocycles. The SMILES string of the molecule is NCCCN(Cc1ccccc1)C(=O)c1cccs1. The van der Waals surface area contributed by atoms with Gasteiger partial charge in [0.05, 0.1) is 4.88 Å². The van der Waals surface area contributed by atoms with Crippen molar-refractivity contribution in [2.24, 2.45) is 5.73 Å². The summed E-state index contributed by atoms with van der Waals surface area (Å²) in [6.45, 7) is 1.93. The fourth-order valence-corrected chi connectivity index (χ4v) is 2.59. The van der Waals surface area contributed by atoms with E-state index in [1.807, 2.05) is 52.7 Å². The molecule has 0 unspecified atom stereocenters. The molecule has 2 N–H and O–H groups in total. The number of hydrogen-bond donors (Lipinski definition) is 1. The standard InChI is InChI=1S/C15H18N2OS/c16-9-5-10-17(12-13-6-2-1-3-7-13)15(18)14-8-4-11-19-14/h1-4,6-8,11H,5,9-10,12,16H2. The molecular weight excluding hydrogens is 256 g/mol. The van der Waals surface area contributed by atoms with Crippen molar-refractivity contribution in [1.29, 1.82) is 0 Å². The van der Waals surface area contributed by atoms with E-state index in [0.717, 1.165) is 16.9 Å². The number of thiophene rings is 1. The van der Waals surface area contributed by atoms with Gasteiger partial charge in [-0.3, -0.25) is 4.79 Å². The van der Waals surface area contributed by atoms with Gasteiger partial charge in [0.15, 0.2) is 0 Å². The highest BCUT2D eigenvalue weighted by atomic mass is 32.1. The van der Waals surface area contributed by atoms with Crippen LogP contribution in [0.3, 0.4) is 0 Å². The normalized spacial score (nSPS) is 10.4. The van der Waals surface area contributed by atoms with Crippen LogP contribution in [-0.4, -0.2) is 23.9 Å². The topological polar surface area (TPSA) is 46.3 Å². The van der Waals surface area contributed by atoms with Crippen molar-refractivity contribution in [3.05, 3.63) is 58.3 Å². The molecule has 3 nitrogen and oxygen atoms in total. The smallest absolute Gasteiger partial charge is 0.264 e. The second kappa shape index (κ2) is 7.07. The predicted molar refractivity (Wildman–Crippen MR) is 79.2 cm³/mol. The highest BCUT2D eigenvalue weighted by Gasteiger charge is 2.16. The van der Waals surface area contributed by atoms with Gasteiger partial charge in [0, 0.05) is 13.1 Å².